The molecule has 1 aliphatic carbocycles. The van der Waals surface area contributed by atoms with Crippen molar-refractivity contribution in [2.24, 2.45) is 5.41 Å². The third-order valence-electron chi connectivity index (χ3n) is 6.13. The molecule has 4 nitrogen and oxygen atoms in total. The number of nitrogens with zero attached hydrogens (tertiary/aromatic N) is 4. The highest BCUT2D eigenvalue weighted by atomic mass is 79.9. The standard InChI is InChI=1S/C20H19BrF2N4/c1-12-18(21)27-17(2-5-24-27)19(25-12)26-6-3-20(4-7-26)10-13-8-15(22)16(23)9-14(13)11-20/h2,5,8-9H,3-4,6-7,10-11H2,1H3. The van der Waals surface area contributed by atoms with Gasteiger partial charge in [-0.2, -0.15) is 5.10 Å². The summed E-state index contributed by atoms with van der Waals surface area (Å²) < 4.78 is 29.9. The summed E-state index contributed by atoms with van der Waals surface area (Å²) in [6, 6.07) is 4.76. The third kappa shape index (κ3) is 2.66. The molecule has 0 atom stereocenters. The maximum absolute atomic E-state index is 13.6. The molecule has 0 amide bonds. The van der Waals surface area contributed by atoms with Crippen molar-refractivity contribution in [1.29, 1.82) is 0 Å². The van der Waals surface area contributed by atoms with Gasteiger partial charge in [-0.05, 0) is 83.3 Å². The second-order valence-electron chi connectivity index (χ2n) is 7.82. The normalized spacial score (nSPS) is 18.4. The van der Waals surface area contributed by atoms with Crippen molar-refractivity contribution in [2.45, 2.75) is 32.6 Å². The van der Waals surface area contributed by atoms with Gasteiger partial charge < -0.3 is 4.90 Å². The van der Waals surface area contributed by atoms with E-state index >= 15 is 0 Å². The number of fused-ring (bicyclic) bond motifs is 2. The smallest absolute Gasteiger partial charge is 0.159 e. The van der Waals surface area contributed by atoms with Crippen molar-refractivity contribution in [3.8, 4) is 0 Å². The van der Waals surface area contributed by atoms with Gasteiger partial charge in [0.25, 0.3) is 0 Å². The van der Waals surface area contributed by atoms with Crippen LogP contribution in [0.3, 0.4) is 0 Å². The Morgan fingerprint density at radius 3 is 2.33 bits per heavy atom. The van der Waals surface area contributed by atoms with E-state index < -0.39 is 11.6 Å². The summed E-state index contributed by atoms with van der Waals surface area (Å²) >= 11 is 3.55. The summed E-state index contributed by atoms with van der Waals surface area (Å²) in [6.07, 6.45) is 5.43. The number of anilines is 1. The van der Waals surface area contributed by atoms with Gasteiger partial charge in [-0.3, -0.25) is 0 Å². The van der Waals surface area contributed by atoms with Crippen LogP contribution in [0.1, 0.15) is 29.7 Å². The van der Waals surface area contributed by atoms with Gasteiger partial charge in [0.2, 0.25) is 0 Å². The molecule has 0 saturated carbocycles. The highest BCUT2D eigenvalue weighted by Crippen LogP contribution is 2.46. The zero-order chi connectivity index (χ0) is 18.8. The molecule has 1 spiro atoms. The zero-order valence-electron chi connectivity index (χ0n) is 15.0. The Bertz CT molecular complexity index is 1020. The quantitative estimate of drug-likeness (QED) is 0.568. The fourth-order valence-electron chi connectivity index (χ4n) is 4.65. The van der Waals surface area contributed by atoms with Crippen LogP contribution in [0.25, 0.3) is 5.52 Å². The highest BCUT2D eigenvalue weighted by molar-refractivity contribution is 9.10. The average molecular weight is 433 g/mol. The molecule has 0 bridgehead atoms. The van der Waals surface area contributed by atoms with Gasteiger partial charge in [-0.25, -0.2) is 18.3 Å². The van der Waals surface area contributed by atoms with Crippen LogP contribution in [0, 0.1) is 24.0 Å². The largest absolute Gasteiger partial charge is 0.355 e. The molecule has 140 valence electrons. The van der Waals surface area contributed by atoms with E-state index in [2.05, 4.69) is 25.9 Å². The van der Waals surface area contributed by atoms with Crippen molar-refractivity contribution in [1.82, 2.24) is 14.6 Å². The van der Waals surface area contributed by atoms with Crippen LogP contribution >= 0.6 is 15.9 Å². The number of hydrogen-bond acceptors (Lipinski definition) is 3. The minimum atomic E-state index is -0.735. The summed E-state index contributed by atoms with van der Waals surface area (Å²) in [5, 5.41) is 4.38. The van der Waals surface area contributed by atoms with Crippen molar-refractivity contribution in [3.63, 3.8) is 0 Å². The van der Waals surface area contributed by atoms with Gasteiger partial charge in [-0.15, -0.1) is 0 Å². The summed E-state index contributed by atoms with van der Waals surface area (Å²) in [5.74, 6) is -0.516. The monoisotopic (exact) mass is 432 g/mol. The van der Waals surface area contributed by atoms with E-state index in [1.165, 1.54) is 12.1 Å². The number of hydrogen-bond donors (Lipinski definition) is 0. The summed E-state index contributed by atoms with van der Waals surface area (Å²) in [6.45, 7) is 3.73. The summed E-state index contributed by atoms with van der Waals surface area (Å²) in [7, 11) is 0. The SMILES string of the molecule is Cc1nc(N2CCC3(CC2)Cc2cc(F)c(F)cc2C3)c2ccnn2c1Br. The Kier molecular flexibility index (Phi) is 3.79. The molecule has 1 fully saturated rings. The van der Waals surface area contributed by atoms with Crippen LogP contribution in [0.15, 0.2) is 29.0 Å². The lowest BCUT2D eigenvalue weighted by Crippen LogP contribution is -2.41. The van der Waals surface area contributed by atoms with E-state index in [-0.39, 0.29) is 5.41 Å². The average Bonchev–Trinajstić information content (AvgIpc) is 3.25. The van der Waals surface area contributed by atoms with Gasteiger partial charge in [0.05, 0.1) is 11.9 Å². The fourth-order valence-corrected chi connectivity index (χ4v) is 5.02. The molecular weight excluding hydrogens is 414 g/mol. The van der Waals surface area contributed by atoms with Crippen LogP contribution in [-0.4, -0.2) is 27.7 Å². The fraction of sp³-hybridized carbons (Fsp3) is 0.400. The molecule has 7 heteroatoms. The van der Waals surface area contributed by atoms with Crippen molar-refractivity contribution in [3.05, 3.63) is 57.5 Å². The maximum Gasteiger partial charge on any atom is 0.159 e. The summed E-state index contributed by atoms with van der Waals surface area (Å²) in [4.78, 5) is 7.10. The van der Waals surface area contributed by atoms with Crippen molar-refractivity contribution < 1.29 is 8.78 Å². The first kappa shape index (κ1) is 17.1. The van der Waals surface area contributed by atoms with Crippen molar-refractivity contribution >= 4 is 27.3 Å². The number of halogens is 3. The molecule has 0 radical (unpaired) electrons. The molecular formula is C20H19BrF2N4. The molecule has 1 saturated heterocycles. The topological polar surface area (TPSA) is 33.4 Å². The molecule has 3 heterocycles. The Labute approximate surface area is 164 Å². The predicted molar refractivity (Wildman–Crippen MR) is 103 cm³/mol. The lowest BCUT2D eigenvalue weighted by Gasteiger charge is -2.40. The Morgan fingerprint density at radius 2 is 1.70 bits per heavy atom. The van der Waals surface area contributed by atoms with Gasteiger partial charge in [-0.1, -0.05) is 0 Å². The zero-order valence-corrected chi connectivity index (χ0v) is 16.6. The highest BCUT2D eigenvalue weighted by Gasteiger charge is 2.41. The lowest BCUT2D eigenvalue weighted by molar-refractivity contribution is 0.232. The first-order valence-electron chi connectivity index (χ1n) is 9.17. The van der Waals surface area contributed by atoms with Gasteiger partial charge >= 0.3 is 0 Å². The summed E-state index contributed by atoms with van der Waals surface area (Å²) in [5.41, 5.74) is 3.94. The molecule has 3 aromatic rings. The molecule has 0 N–H and O–H groups in total. The van der Waals surface area contributed by atoms with E-state index in [0.717, 1.165) is 71.5 Å². The van der Waals surface area contributed by atoms with Crippen LogP contribution in [0.4, 0.5) is 14.6 Å². The molecule has 2 aliphatic rings. The lowest BCUT2D eigenvalue weighted by atomic mass is 9.76. The van der Waals surface area contributed by atoms with E-state index in [1.807, 2.05) is 17.5 Å². The number of piperidine rings is 1. The second kappa shape index (κ2) is 5.99. The number of rotatable bonds is 1. The maximum atomic E-state index is 13.6. The molecule has 0 unspecified atom stereocenters. The minimum Gasteiger partial charge on any atom is -0.355 e. The van der Waals surface area contributed by atoms with Crippen LogP contribution in [-0.2, 0) is 12.8 Å². The second-order valence-corrected chi connectivity index (χ2v) is 8.57. The third-order valence-corrected chi connectivity index (χ3v) is 7.04. The van der Waals surface area contributed by atoms with E-state index in [0.29, 0.717) is 0 Å². The van der Waals surface area contributed by atoms with Gasteiger partial charge in [0.1, 0.15) is 10.1 Å². The van der Waals surface area contributed by atoms with Gasteiger partial charge in [0, 0.05) is 13.1 Å². The molecule has 27 heavy (non-hydrogen) atoms. The Morgan fingerprint density at radius 1 is 1.07 bits per heavy atom. The first-order chi connectivity index (χ1) is 13.0. The molecule has 2 aromatic heterocycles. The Balaban J connectivity index is 1.40. The number of aryl methyl sites for hydroxylation is 1. The number of benzene rings is 1. The van der Waals surface area contributed by atoms with E-state index in [4.69, 9.17) is 4.98 Å². The Hall–Kier alpha value is -2.02. The molecule has 1 aliphatic heterocycles. The molecule has 1 aromatic carbocycles. The van der Waals surface area contributed by atoms with Crippen LogP contribution < -0.4 is 4.90 Å². The predicted octanol–water partition coefficient (Wildman–Crippen LogP) is 4.46. The minimum absolute atomic E-state index is 0.111. The van der Waals surface area contributed by atoms with Crippen LogP contribution in [0.2, 0.25) is 0 Å². The van der Waals surface area contributed by atoms with E-state index in [9.17, 15) is 8.78 Å². The van der Waals surface area contributed by atoms with E-state index in [1.54, 1.807) is 6.20 Å². The van der Waals surface area contributed by atoms with Crippen LogP contribution in [0.5, 0.6) is 0 Å². The van der Waals surface area contributed by atoms with Gasteiger partial charge in [0.15, 0.2) is 17.5 Å². The molecule has 5 rings (SSSR count). The first-order valence-corrected chi connectivity index (χ1v) is 9.97. The van der Waals surface area contributed by atoms with Crippen molar-refractivity contribution in [2.75, 3.05) is 18.0 Å². The number of aromatic nitrogens is 3.